The van der Waals surface area contributed by atoms with Gasteiger partial charge in [0.25, 0.3) is 0 Å². The molecule has 0 spiro atoms. The molecule has 0 heterocycles. The van der Waals surface area contributed by atoms with Crippen molar-refractivity contribution in [3.05, 3.63) is 36.5 Å². The molecule has 0 aromatic heterocycles. The van der Waals surface area contributed by atoms with E-state index in [4.69, 9.17) is 14.2 Å². The van der Waals surface area contributed by atoms with Gasteiger partial charge in [0.15, 0.2) is 6.10 Å². The summed E-state index contributed by atoms with van der Waals surface area (Å²) < 4.78 is 16.9. The van der Waals surface area contributed by atoms with Crippen LogP contribution >= 0.6 is 0 Å². The van der Waals surface area contributed by atoms with Gasteiger partial charge in [-0.25, -0.2) is 0 Å². The molecule has 6 heteroatoms. The Morgan fingerprint density at radius 3 is 0.879 bits per heavy atom. The molecule has 386 valence electrons. The molecule has 0 radical (unpaired) electrons. The molecule has 0 unspecified atom stereocenters. The van der Waals surface area contributed by atoms with Crippen LogP contribution in [0.2, 0.25) is 0 Å². The summed E-state index contributed by atoms with van der Waals surface area (Å²) in [6.45, 7) is 6.64. The molecule has 0 bridgehead atoms. The van der Waals surface area contributed by atoms with E-state index in [0.29, 0.717) is 19.3 Å². The van der Waals surface area contributed by atoms with E-state index in [0.717, 1.165) is 83.5 Å². The lowest BCUT2D eigenvalue weighted by atomic mass is 10.0. The molecule has 0 rings (SSSR count). The van der Waals surface area contributed by atoms with Crippen LogP contribution in [-0.4, -0.2) is 37.2 Å². The average Bonchev–Trinajstić information content (AvgIpc) is 3.31. The van der Waals surface area contributed by atoms with Crippen LogP contribution in [-0.2, 0) is 28.6 Å². The molecule has 0 aliphatic heterocycles. The second-order valence-corrected chi connectivity index (χ2v) is 19.6. The minimum Gasteiger partial charge on any atom is -0.462 e. The Morgan fingerprint density at radius 2 is 0.545 bits per heavy atom. The number of rotatable bonds is 53. The topological polar surface area (TPSA) is 78.9 Å². The van der Waals surface area contributed by atoms with E-state index in [1.165, 1.54) is 186 Å². The number of hydrogen-bond donors (Lipinski definition) is 0. The highest BCUT2D eigenvalue weighted by Crippen LogP contribution is 2.17. The minimum absolute atomic E-state index is 0.0765. The third kappa shape index (κ3) is 52.6. The first-order chi connectivity index (χ1) is 32.5. The zero-order chi connectivity index (χ0) is 47.9. The lowest BCUT2D eigenvalue weighted by molar-refractivity contribution is -0.167. The summed E-state index contributed by atoms with van der Waals surface area (Å²) in [6, 6.07) is 0. The number of carbonyl (C=O) groups excluding carboxylic acids is 3. The van der Waals surface area contributed by atoms with Gasteiger partial charge in [0.2, 0.25) is 0 Å². The van der Waals surface area contributed by atoms with Crippen molar-refractivity contribution in [1.82, 2.24) is 0 Å². The molecule has 0 aromatic rings. The van der Waals surface area contributed by atoms with Crippen LogP contribution < -0.4 is 0 Å². The summed E-state index contributed by atoms with van der Waals surface area (Å²) in [4.78, 5) is 38.1. The Balaban J connectivity index is 4.36. The molecule has 0 aromatic carbocycles. The molecule has 0 N–H and O–H groups in total. The molecule has 1 atom stereocenters. The van der Waals surface area contributed by atoms with Gasteiger partial charge in [-0.15, -0.1) is 0 Å². The number of allylic oxidation sites excluding steroid dienone is 6. The maximum atomic E-state index is 12.8. The smallest absolute Gasteiger partial charge is 0.306 e. The predicted octanol–water partition coefficient (Wildman–Crippen LogP) is 19.3. The summed E-state index contributed by atoms with van der Waals surface area (Å²) >= 11 is 0. The second kappa shape index (κ2) is 55.2. The summed E-state index contributed by atoms with van der Waals surface area (Å²) in [5.74, 6) is -0.879. The van der Waals surface area contributed by atoms with Crippen molar-refractivity contribution in [2.24, 2.45) is 0 Å². The van der Waals surface area contributed by atoms with Crippen LogP contribution in [0.3, 0.4) is 0 Å². The monoisotopic (exact) mass is 927 g/mol. The average molecular weight is 928 g/mol. The molecule has 66 heavy (non-hydrogen) atoms. The first-order valence-electron chi connectivity index (χ1n) is 29.0. The van der Waals surface area contributed by atoms with Crippen LogP contribution in [0.25, 0.3) is 0 Å². The summed E-state index contributed by atoms with van der Waals surface area (Å²) in [5.41, 5.74) is 0. The SMILES string of the molecule is CCCCC/C=C\C/C=C\C/C=C\CCCCCCC(=O)O[C@H](COC(=O)CCCCCCCCCCCCCCC)COC(=O)CCCCCCCCCCCCCCCCCCCC. The number of carbonyl (C=O) groups is 3. The predicted molar refractivity (Wildman–Crippen MR) is 284 cm³/mol. The van der Waals surface area contributed by atoms with Crippen molar-refractivity contribution < 1.29 is 28.6 Å². The van der Waals surface area contributed by atoms with Crippen LogP contribution in [0.15, 0.2) is 36.5 Å². The third-order valence-electron chi connectivity index (χ3n) is 12.9. The van der Waals surface area contributed by atoms with Crippen LogP contribution in [0.1, 0.15) is 310 Å². The van der Waals surface area contributed by atoms with Crippen LogP contribution in [0, 0.1) is 0 Å². The Bertz CT molecular complexity index is 1110. The molecule has 0 aliphatic carbocycles. The Morgan fingerprint density at radius 1 is 0.303 bits per heavy atom. The summed E-state index contributed by atoms with van der Waals surface area (Å²) in [6.07, 6.45) is 65.6. The van der Waals surface area contributed by atoms with Gasteiger partial charge in [-0.05, 0) is 57.8 Å². The number of unbranched alkanes of at least 4 members (excludes halogenated alkanes) is 36. The number of ether oxygens (including phenoxy) is 3. The fourth-order valence-electron chi connectivity index (χ4n) is 8.51. The van der Waals surface area contributed by atoms with Gasteiger partial charge in [0.1, 0.15) is 13.2 Å². The number of esters is 3. The Kier molecular flexibility index (Phi) is 53.2. The van der Waals surface area contributed by atoms with Crippen molar-refractivity contribution in [1.29, 1.82) is 0 Å². The highest BCUT2D eigenvalue weighted by molar-refractivity contribution is 5.71. The Labute approximate surface area is 410 Å². The van der Waals surface area contributed by atoms with E-state index in [-0.39, 0.29) is 31.1 Å². The Hall–Kier alpha value is -2.37. The highest BCUT2D eigenvalue weighted by atomic mass is 16.6. The van der Waals surface area contributed by atoms with E-state index >= 15 is 0 Å². The van der Waals surface area contributed by atoms with Gasteiger partial charge < -0.3 is 14.2 Å². The van der Waals surface area contributed by atoms with Crippen molar-refractivity contribution in [3.63, 3.8) is 0 Å². The highest BCUT2D eigenvalue weighted by Gasteiger charge is 2.19. The molecule has 0 saturated carbocycles. The lowest BCUT2D eigenvalue weighted by Gasteiger charge is -2.18. The fourth-order valence-corrected chi connectivity index (χ4v) is 8.51. The zero-order valence-electron chi connectivity index (χ0n) is 44.2. The third-order valence-corrected chi connectivity index (χ3v) is 12.9. The molecule has 0 amide bonds. The second-order valence-electron chi connectivity index (χ2n) is 19.6. The van der Waals surface area contributed by atoms with Gasteiger partial charge in [0, 0.05) is 19.3 Å². The fraction of sp³-hybridized carbons (Fsp3) is 0.850. The van der Waals surface area contributed by atoms with Crippen LogP contribution in [0.5, 0.6) is 0 Å². The normalized spacial score (nSPS) is 12.2. The van der Waals surface area contributed by atoms with Gasteiger partial charge in [-0.1, -0.05) is 269 Å². The van der Waals surface area contributed by atoms with Gasteiger partial charge in [-0.2, -0.15) is 0 Å². The molecule has 0 aliphatic rings. The molecule has 0 saturated heterocycles. The molecule has 6 nitrogen and oxygen atoms in total. The van der Waals surface area contributed by atoms with E-state index in [1.54, 1.807) is 0 Å². The molecule has 0 fully saturated rings. The van der Waals surface area contributed by atoms with Crippen molar-refractivity contribution in [2.45, 2.75) is 316 Å². The van der Waals surface area contributed by atoms with Crippen molar-refractivity contribution >= 4 is 17.9 Å². The quantitative estimate of drug-likeness (QED) is 0.0262. The van der Waals surface area contributed by atoms with E-state index in [9.17, 15) is 14.4 Å². The molecular formula is C60H110O6. The summed E-state index contributed by atoms with van der Waals surface area (Å²) in [5, 5.41) is 0. The first kappa shape index (κ1) is 63.6. The van der Waals surface area contributed by atoms with E-state index in [1.807, 2.05) is 0 Å². The standard InChI is InChI=1S/C60H110O6/c1-4-7-10-13-16-19-22-25-27-29-31-32-35-38-41-44-47-50-53-59(62)65-56-57(55-64-58(61)52-49-46-43-40-37-34-24-21-18-15-12-9-6-3)66-60(63)54-51-48-45-42-39-36-33-30-28-26-23-20-17-14-11-8-5-2/h17,20,26,28,33,36,57H,4-16,18-19,21-25,27,29-32,34-35,37-56H2,1-3H3/b20-17-,28-26-,36-33-/t57-/m1/s1. The van der Waals surface area contributed by atoms with E-state index in [2.05, 4.69) is 57.2 Å². The first-order valence-corrected chi connectivity index (χ1v) is 29.0. The zero-order valence-corrected chi connectivity index (χ0v) is 44.2. The van der Waals surface area contributed by atoms with Crippen molar-refractivity contribution in [2.75, 3.05) is 13.2 Å². The molecular weight excluding hydrogens is 817 g/mol. The van der Waals surface area contributed by atoms with Gasteiger partial charge in [0.05, 0.1) is 0 Å². The maximum Gasteiger partial charge on any atom is 0.306 e. The van der Waals surface area contributed by atoms with Gasteiger partial charge in [-0.3, -0.25) is 14.4 Å². The summed E-state index contributed by atoms with van der Waals surface area (Å²) in [7, 11) is 0. The van der Waals surface area contributed by atoms with Crippen molar-refractivity contribution in [3.8, 4) is 0 Å². The lowest BCUT2D eigenvalue weighted by Crippen LogP contribution is -2.30. The van der Waals surface area contributed by atoms with Gasteiger partial charge >= 0.3 is 17.9 Å². The largest absolute Gasteiger partial charge is 0.462 e. The van der Waals surface area contributed by atoms with Crippen LogP contribution in [0.4, 0.5) is 0 Å². The van der Waals surface area contributed by atoms with E-state index < -0.39 is 6.10 Å². The number of hydrogen-bond acceptors (Lipinski definition) is 6. The maximum absolute atomic E-state index is 12.8. The minimum atomic E-state index is -0.779.